The van der Waals surface area contributed by atoms with Crippen LogP contribution in [0.5, 0.6) is 0 Å². The minimum absolute atomic E-state index is 0.111. The molecule has 2 rings (SSSR count). The number of benzene rings is 2. The van der Waals surface area contributed by atoms with Crippen LogP contribution in [-0.4, -0.2) is 11.1 Å². The molecule has 0 aromatic heterocycles. The summed E-state index contributed by atoms with van der Waals surface area (Å²) in [6, 6.07) is 13.1. The lowest BCUT2D eigenvalue weighted by atomic mass is 10.1. The number of nitrogens with one attached hydrogen (secondary N) is 1. The van der Waals surface area contributed by atoms with Crippen LogP contribution < -0.4 is 5.32 Å². The molecule has 1 atom stereocenters. The molecule has 2 N–H and O–H groups in total. The molecule has 1 unspecified atom stereocenters. The molecule has 0 saturated carbocycles. The van der Waals surface area contributed by atoms with Crippen molar-refractivity contribution < 1.29 is 9.90 Å². The molecule has 5 heteroatoms. The zero-order valence-electron chi connectivity index (χ0n) is 10.7. The molecule has 0 aliphatic rings. The number of carboxylic acid groups (broad SMARTS) is 1. The van der Waals surface area contributed by atoms with Gasteiger partial charge in [0.1, 0.15) is 0 Å². The summed E-state index contributed by atoms with van der Waals surface area (Å²) in [5, 5.41) is 12.3. The van der Waals surface area contributed by atoms with Gasteiger partial charge in [0.2, 0.25) is 0 Å². The summed E-state index contributed by atoms with van der Waals surface area (Å²) < 4.78 is 1.77. The summed E-state index contributed by atoms with van der Waals surface area (Å²) in [7, 11) is 0. The Hall–Kier alpha value is -1.33. The highest BCUT2D eigenvalue weighted by atomic mass is 79.9. The Bertz CT molecular complexity index is 644. The lowest BCUT2D eigenvalue weighted by molar-refractivity contribution is 0.0697. The summed E-state index contributed by atoms with van der Waals surface area (Å²) in [5.74, 6) is -0.933. The Morgan fingerprint density at radius 2 is 1.95 bits per heavy atom. The van der Waals surface area contributed by atoms with Crippen LogP contribution in [0.3, 0.4) is 0 Å². The molecule has 0 aliphatic heterocycles. The molecular weight excluding hydrogens is 386 g/mol. The summed E-state index contributed by atoms with van der Waals surface area (Å²) in [6.45, 7) is 2.05. The van der Waals surface area contributed by atoms with Crippen molar-refractivity contribution in [3.05, 3.63) is 62.5 Å². The van der Waals surface area contributed by atoms with E-state index in [4.69, 9.17) is 5.11 Å². The van der Waals surface area contributed by atoms with Crippen molar-refractivity contribution >= 4 is 43.5 Å². The monoisotopic (exact) mass is 397 g/mol. The van der Waals surface area contributed by atoms with Crippen molar-refractivity contribution in [3.8, 4) is 0 Å². The van der Waals surface area contributed by atoms with Crippen LogP contribution in [0.1, 0.15) is 28.9 Å². The first-order valence-electron chi connectivity index (χ1n) is 6.02. The maximum absolute atomic E-state index is 10.9. The number of rotatable bonds is 4. The summed E-state index contributed by atoms with van der Waals surface area (Å²) >= 11 is 6.85. The number of halogens is 2. The largest absolute Gasteiger partial charge is 0.478 e. The van der Waals surface area contributed by atoms with E-state index < -0.39 is 5.97 Å². The summed E-state index contributed by atoms with van der Waals surface area (Å²) in [4.78, 5) is 10.9. The van der Waals surface area contributed by atoms with Crippen molar-refractivity contribution in [1.29, 1.82) is 0 Å². The van der Waals surface area contributed by atoms with Crippen LogP contribution in [-0.2, 0) is 0 Å². The van der Waals surface area contributed by atoms with Gasteiger partial charge in [-0.05, 0) is 58.7 Å². The standard InChI is InChI=1S/C15H13Br2NO2/c1-9(10-3-2-4-12(16)7-10)18-14-6-5-11(15(19)20)8-13(14)17/h2-9,18H,1H3,(H,19,20). The fraction of sp³-hybridized carbons (Fsp3) is 0.133. The van der Waals surface area contributed by atoms with Gasteiger partial charge < -0.3 is 10.4 Å². The van der Waals surface area contributed by atoms with Gasteiger partial charge in [0, 0.05) is 20.7 Å². The summed E-state index contributed by atoms with van der Waals surface area (Å²) in [6.07, 6.45) is 0. The molecule has 104 valence electrons. The Balaban J connectivity index is 2.19. The minimum Gasteiger partial charge on any atom is -0.478 e. The van der Waals surface area contributed by atoms with Gasteiger partial charge in [0.05, 0.1) is 5.56 Å². The van der Waals surface area contributed by atoms with Crippen molar-refractivity contribution in [2.24, 2.45) is 0 Å². The molecule has 0 radical (unpaired) electrons. The molecule has 0 heterocycles. The molecule has 20 heavy (non-hydrogen) atoms. The number of hydrogen-bond donors (Lipinski definition) is 2. The third-order valence-electron chi connectivity index (χ3n) is 2.94. The second-order valence-corrected chi connectivity index (χ2v) is 6.19. The average Bonchev–Trinajstić information content (AvgIpc) is 2.40. The molecule has 3 nitrogen and oxygen atoms in total. The second kappa shape index (κ2) is 6.41. The van der Waals surface area contributed by atoms with Crippen LogP contribution in [0.15, 0.2) is 51.4 Å². The van der Waals surface area contributed by atoms with Crippen LogP contribution in [0.2, 0.25) is 0 Å². The molecule has 0 saturated heterocycles. The quantitative estimate of drug-likeness (QED) is 0.754. The maximum Gasteiger partial charge on any atom is 0.335 e. The number of hydrogen-bond acceptors (Lipinski definition) is 2. The maximum atomic E-state index is 10.9. The molecule has 0 aliphatic carbocycles. The Kier molecular flexibility index (Phi) is 4.83. The SMILES string of the molecule is CC(Nc1ccc(C(=O)O)cc1Br)c1cccc(Br)c1. The van der Waals surface area contributed by atoms with Gasteiger partial charge in [-0.1, -0.05) is 28.1 Å². The van der Waals surface area contributed by atoms with Crippen molar-refractivity contribution in [2.45, 2.75) is 13.0 Å². The normalized spacial score (nSPS) is 11.9. The van der Waals surface area contributed by atoms with Gasteiger partial charge in [-0.25, -0.2) is 4.79 Å². The second-order valence-electron chi connectivity index (χ2n) is 4.42. The number of carboxylic acids is 1. The van der Waals surface area contributed by atoms with Crippen LogP contribution in [0.4, 0.5) is 5.69 Å². The van der Waals surface area contributed by atoms with E-state index in [1.165, 1.54) is 0 Å². The van der Waals surface area contributed by atoms with E-state index in [9.17, 15) is 4.79 Å². The highest BCUT2D eigenvalue weighted by Gasteiger charge is 2.10. The van der Waals surface area contributed by atoms with E-state index in [0.717, 1.165) is 20.2 Å². The zero-order valence-corrected chi connectivity index (χ0v) is 13.9. The highest BCUT2D eigenvalue weighted by molar-refractivity contribution is 9.10. The third-order valence-corrected chi connectivity index (χ3v) is 4.09. The van der Waals surface area contributed by atoms with Gasteiger partial charge >= 0.3 is 5.97 Å². The fourth-order valence-electron chi connectivity index (χ4n) is 1.86. The third kappa shape index (κ3) is 3.61. The Labute approximate surface area is 134 Å². The van der Waals surface area contributed by atoms with Gasteiger partial charge in [-0.2, -0.15) is 0 Å². The first-order chi connectivity index (χ1) is 9.47. The number of anilines is 1. The minimum atomic E-state index is -0.933. The van der Waals surface area contributed by atoms with E-state index in [-0.39, 0.29) is 11.6 Å². The van der Waals surface area contributed by atoms with Gasteiger partial charge in [0.15, 0.2) is 0 Å². The van der Waals surface area contributed by atoms with Crippen LogP contribution in [0, 0.1) is 0 Å². The lowest BCUT2D eigenvalue weighted by Gasteiger charge is -2.17. The molecule has 0 fully saturated rings. The molecule has 2 aromatic rings. The van der Waals surface area contributed by atoms with E-state index in [1.807, 2.05) is 18.2 Å². The van der Waals surface area contributed by atoms with Crippen molar-refractivity contribution in [3.63, 3.8) is 0 Å². The highest BCUT2D eigenvalue weighted by Crippen LogP contribution is 2.28. The number of carbonyl (C=O) groups is 1. The Morgan fingerprint density at radius 3 is 2.55 bits per heavy atom. The molecule has 2 aromatic carbocycles. The van der Waals surface area contributed by atoms with Crippen LogP contribution >= 0.6 is 31.9 Å². The summed E-state index contributed by atoms with van der Waals surface area (Å²) in [5.41, 5.74) is 2.27. The molecular formula is C15H13Br2NO2. The first kappa shape index (κ1) is 15.1. The number of aromatic carboxylic acids is 1. The van der Waals surface area contributed by atoms with E-state index in [0.29, 0.717) is 0 Å². The van der Waals surface area contributed by atoms with Crippen LogP contribution in [0.25, 0.3) is 0 Å². The molecule has 0 bridgehead atoms. The predicted octanol–water partition coefficient (Wildman–Crippen LogP) is 5.08. The molecule has 0 spiro atoms. The predicted molar refractivity (Wildman–Crippen MR) is 87.3 cm³/mol. The van der Waals surface area contributed by atoms with Gasteiger partial charge in [0.25, 0.3) is 0 Å². The van der Waals surface area contributed by atoms with Crippen molar-refractivity contribution in [1.82, 2.24) is 0 Å². The Morgan fingerprint density at radius 1 is 1.20 bits per heavy atom. The molecule has 0 amide bonds. The zero-order chi connectivity index (χ0) is 14.7. The lowest BCUT2D eigenvalue weighted by Crippen LogP contribution is -2.07. The average molecular weight is 399 g/mol. The van der Waals surface area contributed by atoms with Crippen molar-refractivity contribution in [2.75, 3.05) is 5.32 Å². The van der Waals surface area contributed by atoms with Gasteiger partial charge in [-0.15, -0.1) is 0 Å². The fourth-order valence-corrected chi connectivity index (χ4v) is 2.77. The smallest absolute Gasteiger partial charge is 0.335 e. The van der Waals surface area contributed by atoms with E-state index in [2.05, 4.69) is 50.2 Å². The van der Waals surface area contributed by atoms with E-state index in [1.54, 1.807) is 18.2 Å². The van der Waals surface area contributed by atoms with Gasteiger partial charge in [-0.3, -0.25) is 0 Å². The van der Waals surface area contributed by atoms with E-state index >= 15 is 0 Å². The topological polar surface area (TPSA) is 49.3 Å². The first-order valence-corrected chi connectivity index (χ1v) is 7.61.